The van der Waals surface area contributed by atoms with Gasteiger partial charge in [0.05, 0.1) is 5.56 Å². The summed E-state index contributed by atoms with van der Waals surface area (Å²) in [6.07, 6.45) is 12.1. The molecule has 1 heterocycles. The molecule has 0 bridgehead atoms. The highest BCUT2D eigenvalue weighted by atomic mass is 28.1. The highest BCUT2D eigenvalue weighted by Gasteiger charge is 1.98. The van der Waals surface area contributed by atoms with Crippen LogP contribution < -0.4 is 0 Å². The smallest absolute Gasteiger partial charge is 0.128 e. The van der Waals surface area contributed by atoms with Gasteiger partial charge in [-0.25, -0.2) is 4.98 Å². The lowest BCUT2D eigenvalue weighted by Crippen LogP contribution is -1.92. The normalized spacial score (nSPS) is 8.50. The average molecular weight is 181 g/mol. The van der Waals surface area contributed by atoms with Crippen molar-refractivity contribution in [3.63, 3.8) is 0 Å². The molecule has 0 aliphatic heterocycles. The summed E-state index contributed by atoms with van der Waals surface area (Å²) in [4.78, 5) is 5.52. The number of aromatic nitrogens is 1. The van der Waals surface area contributed by atoms with Gasteiger partial charge in [-0.15, -0.1) is 12.8 Å². The second-order valence-electron chi connectivity index (χ2n) is 2.06. The van der Waals surface area contributed by atoms with Gasteiger partial charge in [-0.2, -0.15) is 0 Å². The van der Waals surface area contributed by atoms with Crippen LogP contribution in [-0.4, -0.2) is 24.7 Å². The molecule has 0 atom stereocenters. The van der Waals surface area contributed by atoms with E-state index in [2.05, 4.69) is 36.5 Å². The molecule has 1 aromatic rings. The second-order valence-corrected chi connectivity index (χ2v) is 3.10. The molecule has 12 heavy (non-hydrogen) atoms. The molecule has 0 spiro atoms. The van der Waals surface area contributed by atoms with E-state index in [1.807, 2.05) is 0 Å². The van der Waals surface area contributed by atoms with E-state index in [0.717, 1.165) is 9.63 Å². The topological polar surface area (TPSA) is 12.9 Å². The fourth-order valence-electron chi connectivity index (χ4n) is 0.761. The Kier molecular flexibility index (Phi) is 2.49. The van der Waals surface area contributed by atoms with Gasteiger partial charge in [0, 0.05) is 25.9 Å². The minimum atomic E-state index is 0.476. The predicted molar refractivity (Wildman–Crippen MR) is 49.3 cm³/mol. The molecule has 1 nitrogen and oxygen atoms in total. The molecule has 1 aromatic heterocycles. The third-order valence-corrected chi connectivity index (χ3v) is 2.51. The fourth-order valence-corrected chi connectivity index (χ4v) is 1.21. The van der Waals surface area contributed by atoms with Crippen molar-refractivity contribution in [2.24, 2.45) is 0 Å². The van der Waals surface area contributed by atoms with Gasteiger partial charge in [-0.05, 0) is 15.5 Å². The van der Waals surface area contributed by atoms with Gasteiger partial charge in [0.15, 0.2) is 0 Å². The van der Waals surface area contributed by atoms with Crippen molar-refractivity contribution in [2.45, 2.75) is 0 Å². The van der Waals surface area contributed by atoms with Gasteiger partial charge >= 0.3 is 0 Å². The van der Waals surface area contributed by atoms with E-state index in [9.17, 15) is 0 Å². The Bertz CT molecular complexity index is 491. The molecule has 0 aliphatic rings. The van der Waals surface area contributed by atoms with Crippen LogP contribution in [0.15, 0.2) is 6.20 Å². The van der Waals surface area contributed by atoms with Crippen LogP contribution in [0.1, 0.15) is 11.3 Å². The third kappa shape index (κ3) is 1.33. The number of hydrogen-bond acceptors (Lipinski definition) is 1. The monoisotopic (exact) mass is 181 g/mol. The molecule has 0 amide bonds. The molecule has 0 N–H and O–H groups in total. The minimum absolute atomic E-state index is 0.476. The third-order valence-electron chi connectivity index (χ3n) is 1.36. The summed E-state index contributed by atoms with van der Waals surface area (Å²) in [6, 6.07) is 0. The number of terminal acetylenes is 2. The summed E-state index contributed by atoms with van der Waals surface area (Å²) in [7, 11) is 6.68. The number of nitrogens with zero attached hydrogens (tertiary/aromatic N) is 1. The Hall–Kier alpha value is -1.30. The van der Waals surface area contributed by atoms with Gasteiger partial charge in [0.2, 0.25) is 0 Å². The van der Waals surface area contributed by atoms with Crippen LogP contribution in [0.3, 0.4) is 0 Å². The summed E-state index contributed by atoms with van der Waals surface area (Å²) < 4.78 is 0. The standard InChI is InChI=1S/C9H3NSi2/c1-3-6-7(4-2)10-5-8(11)9(6)12/h1-2,5H. The molecule has 0 fully saturated rings. The molecule has 52 valence electrons. The summed E-state index contributed by atoms with van der Waals surface area (Å²) in [6.45, 7) is 0. The number of pyridine rings is 1. The van der Waals surface area contributed by atoms with Crippen LogP contribution in [0.25, 0.3) is 0 Å². The van der Waals surface area contributed by atoms with E-state index in [1.54, 1.807) is 6.20 Å². The maximum Gasteiger partial charge on any atom is 0.128 e. The van der Waals surface area contributed by atoms with Crippen LogP contribution in [0.5, 0.6) is 0 Å². The first kappa shape index (κ1) is 8.80. The second kappa shape index (κ2) is 3.40. The first-order valence-electron chi connectivity index (χ1n) is 3.10. The van der Waals surface area contributed by atoms with Crippen molar-refractivity contribution in [3.05, 3.63) is 27.1 Å². The van der Waals surface area contributed by atoms with E-state index in [4.69, 9.17) is 12.8 Å². The molecule has 0 saturated carbocycles. The van der Waals surface area contributed by atoms with Crippen molar-refractivity contribution in [3.8, 4) is 24.7 Å². The number of hydrogen-bond donors (Lipinski definition) is 0. The van der Waals surface area contributed by atoms with Crippen molar-refractivity contribution < 1.29 is 0 Å². The Balaban J connectivity index is 3.76. The zero-order chi connectivity index (χ0) is 9.14. The Morgan fingerprint density at radius 3 is 2.42 bits per heavy atom. The van der Waals surface area contributed by atoms with E-state index in [1.165, 1.54) is 0 Å². The lowest BCUT2D eigenvalue weighted by Gasteiger charge is -1.95. The molecule has 0 saturated heterocycles. The maximum atomic E-state index is 5.26. The first-order chi connectivity index (χ1) is 5.70. The van der Waals surface area contributed by atoms with Gasteiger partial charge in [-0.1, -0.05) is 5.92 Å². The van der Waals surface area contributed by atoms with Gasteiger partial charge in [0.1, 0.15) is 5.69 Å². The Morgan fingerprint density at radius 1 is 1.25 bits per heavy atom. The average Bonchev–Trinajstić information content (AvgIpc) is 2.09. The summed E-state index contributed by atoms with van der Waals surface area (Å²) >= 11 is 0. The first-order valence-corrected chi connectivity index (χ1v) is 4.10. The lowest BCUT2D eigenvalue weighted by molar-refractivity contribution is 1.25. The van der Waals surface area contributed by atoms with Crippen LogP contribution in [0.2, 0.25) is 0 Å². The molecular weight excluding hydrogens is 178 g/mol. The maximum absolute atomic E-state index is 5.26. The fraction of sp³-hybridized carbons (Fsp3) is 0. The van der Waals surface area contributed by atoms with Crippen molar-refractivity contribution >= 4 is 19.7 Å². The molecule has 0 aliphatic carbocycles. The molecule has 1 rings (SSSR count). The van der Waals surface area contributed by atoms with Crippen molar-refractivity contribution in [2.75, 3.05) is 0 Å². The van der Waals surface area contributed by atoms with Crippen LogP contribution in [-0.2, 0) is 0 Å². The zero-order valence-electron chi connectivity index (χ0n) is 6.18. The summed E-state index contributed by atoms with van der Waals surface area (Å²) in [5.41, 5.74) is 1.08. The molecule has 4 radical (unpaired) electrons. The SMILES string of the molecule is C#Cc1ncc(=[Si])c(=[Si])c1C#C. The minimum Gasteiger partial charge on any atom is -0.246 e. The van der Waals surface area contributed by atoms with Crippen molar-refractivity contribution in [1.82, 2.24) is 4.98 Å². The molecule has 3 heteroatoms. The highest BCUT2D eigenvalue weighted by molar-refractivity contribution is 6.06. The van der Waals surface area contributed by atoms with E-state index < -0.39 is 0 Å². The quantitative estimate of drug-likeness (QED) is 0.402. The summed E-state index contributed by atoms with van der Waals surface area (Å²) in [5, 5.41) is 0. The molecular formula is C9H3NSi2. The van der Waals surface area contributed by atoms with Crippen molar-refractivity contribution in [1.29, 1.82) is 0 Å². The van der Waals surface area contributed by atoms with Gasteiger partial charge in [0.25, 0.3) is 0 Å². The predicted octanol–water partition coefficient (Wildman–Crippen LogP) is -0.117. The summed E-state index contributed by atoms with van der Waals surface area (Å²) in [5.74, 6) is 4.88. The Morgan fingerprint density at radius 2 is 1.92 bits per heavy atom. The molecule has 0 aromatic carbocycles. The molecule has 0 unspecified atom stereocenters. The highest BCUT2D eigenvalue weighted by Crippen LogP contribution is 2.02. The van der Waals surface area contributed by atoms with Gasteiger partial charge < -0.3 is 0 Å². The van der Waals surface area contributed by atoms with E-state index in [0.29, 0.717) is 11.3 Å². The largest absolute Gasteiger partial charge is 0.246 e. The Labute approximate surface area is 76.9 Å². The van der Waals surface area contributed by atoms with Crippen LogP contribution >= 0.6 is 0 Å². The zero-order valence-corrected chi connectivity index (χ0v) is 8.18. The number of rotatable bonds is 0. The lowest BCUT2D eigenvalue weighted by atomic mass is 10.2. The van der Waals surface area contributed by atoms with Crippen LogP contribution in [0.4, 0.5) is 0 Å². The van der Waals surface area contributed by atoms with Gasteiger partial charge in [-0.3, -0.25) is 0 Å². The van der Waals surface area contributed by atoms with Crippen LogP contribution in [0, 0.1) is 34.3 Å². The van der Waals surface area contributed by atoms with E-state index >= 15 is 0 Å². The van der Waals surface area contributed by atoms with E-state index in [-0.39, 0.29) is 0 Å².